The van der Waals surface area contributed by atoms with Gasteiger partial charge in [0, 0.05) is 37.4 Å². The molecule has 0 aromatic heterocycles. The van der Waals surface area contributed by atoms with Crippen LogP contribution in [0.25, 0.3) is 0 Å². The summed E-state index contributed by atoms with van der Waals surface area (Å²) in [5, 5.41) is 3.99. The molecule has 2 aromatic carbocycles. The summed E-state index contributed by atoms with van der Waals surface area (Å²) in [6.45, 7) is 7.15. The Morgan fingerprint density at radius 1 is 1.10 bits per heavy atom. The number of amides is 1. The third-order valence-corrected chi connectivity index (χ3v) is 4.97. The summed E-state index contributed by atoms with van der Waals surface area (Å²) in [6.07, 6.45) is 0.921. The minimum atomic E-state index is -0.644. The molecule has 1 aliphatic heterocycles. The number of methoxy groups -OCH3 is 1. The molecule has 0 aliphatic carbocycles. The van der Waals surface area contributed by atoms with Crippen LogP contribution in [0.2, 0.25) is 0 Å². The van der Waals surface area contributed by atoms with Crippen LogP contribution in [0.4, 0.5) is 5.69 Å². The van der Waals surface area contributed by atoms with Crippen LogP contribution in [0.15, 0.2) is 53.7 Å². The number of carbonyl (C=O) groups excluding carboxylic acids is 1. The smallest absolute Gasteiger partial charge is 0.266 e. The largest absolute Gasteiger partial charge is 0.493 e. The zero-order valence-electron chi connectivity index (χ0n) is 17.8. The summed E-state index contributed by atoms with van der Waals surface area (Å²) >= 11 is 0. The number of oxime groups is 1. The molecule has 1 aliphatic rings. The zero-order chi connectivity index (χ0) is 21.3. The SMILES string of the molecule is CCOc1ccc(/C=N/OC(C)C(=O)N2CCN(c3ccccc3)CC2)cc1OC. The van der Waals surface area contributed by atoms with Gasteiger partial charge in [0.15, 0.2) is 11.5 Å². The summed E-state index contributed by atoms with van der Waals surface area (Å²) in [5.41, 5.74) is 1.98. The molecular weight excluding hydrogens is 382 g/mol. The predicted molar refractivity (Wildman–Crippen MR) is 118 cm³/mol. The number of para-hydroxylation sites is 1. The van der Waals surface area contributed by atoms with Crippen molar-refractivity contribution in [1.29, 1.82) is 0 Å². The number of ether oxygens (including phenoxy) is 2. The minimum absolute atomic E-state index is 0.0517. The molecule has 7 nitrogen and oxygen atoms in total. The van der Waals surface area contributed by atoms with Gasteiger partial charge in [-0.25, -0.2) is 0 Å². The predicted octanol–water partition coefficient (Wildman–Crippen LogP) is 3.18. The van der Waals surface area contributed by atoms with Gasteiger partial charge in [0.05, 0.1) is 19.9 Å². The van der Waals surface area contributed by atoms with Gasteiger partial charge in [-0.1, -0.05) is 23.4 Å². The number of carbonyl (C=O) groups is 1. The average molecular weight is 412 g/mol. The fraction of sp³-hybridized carbons (Fsp3) is 0.391. The summed E-state index contributed by atoms with van der Waals surface area (Å²) in [6, 6.07) is 15.7. The summed E-state index contributed by atoms with van der Waals surface area (Å²) in [7, 11) is 1.59. The van der Waals surface area contributed by atoms with Crippen LogP contribution in [-0.4, -0.2) is 63.0 Å². The Kier molecular flexibility index (Phi) is 7.54. The lowest BCUT2D eigenvalue weighted by atomic mass is 10.2. The van der Waals surface area contributed by atoms with Gasteiger partial charge < -0.3 is 24.1 Å². The lowest BCUT2D eigenvalue weighted by Gasteiger charge is -2.36. The molecule has 1 amide bonds. The van der Waals surface area contributed by atoms with Crippen LogP contribution in [0.5, 0.6) is 11.5 Å². The van der Waals surface area contributed by atoms with Gasteiger partial charge >= 0.3 is 0 Å². The van der Waals surface area contributed by atoms with Gasteiger partial charge in [-0.05, 0) is 44.2 Å². The Balaban J connectivity index is 1.50. The molecular formula is C23H29N3O4. The first-order chi connectivity index (χ1) is 14.6. The van der Waals surface area contributed by atoms with Crippen molar-refractivity contribution in [2.45, 2.75) is 20.0 Å². The Hall–Kier alpha value is -3.22. The highest BCUT2D eigenvalue weighted by Gasteiger charge is 2.26. The molecule has 0 N–H and O–H groups in total. The van der Waals surface area contributed by atoms with Crippen molar-refractivity contribution in [3.05, 3.63) is 54.1 Å². The van der Waals surface area contributed by atoms with Crippen molar-refractivity contribution >= 4 is 17.8 Å². The molecule has 0 spiro atoms. The quantitative estimate of drug-likeness (QED) is 0.493. The molecule has 1 atom stereocenters. The Labute approximate surface area is 177 Å². The normalized spacial score (nSPS) is 15.2. The minimum Gasteiger partial charge on any atom is -0.493 e. The highest BCUT2D eigenvalue weighted by Crippen LogP contribution is 2.27. The molecule has 0 saturated carbocycles. The van der Waals surface area contributed by atoms with E-state index >= 15 is 0 Å². The topological polar surface area (TPSA) is 63.6 Å². The molecule has 1 fully saturated rings. The highest BCUT2D eigenvalue weighted by molar-refractivity contribution is 5.82. The van der Waals surface area contributed by atoms with E-state index in [2.05, 4.69) is 22.2 Å². The Bertz CT molecular complexity index is 849. The summed E-state index contributed by atoms with van der Waals surface area (Å²) in [5.74, 6) is 1.25. The van der Waals surface area contributed by atoms with Crippen LogP contribution in [0, 0.1) is 0 Å². The van der Waals surface area contributed by atoms with Crippen LogP contribution >= 0.6 is 0 Å². The molecule has 2 aromatic rings. The van der Waals surface area contributed by atoms with Crippen molar-refractivity contribution < 1.29 is 19.1 Å². The number of nitrogens with zero attached hydrogens (tertiary/aromatic N) is 3. The number of rotatable bonds is 8. The van der Waals surface area contributed by atoms with E-state index in [1.165, 1.54) is 5.69 Å². The number of anilines is 1. The van der Waals surface area contributed by atoms with E-state index in [1.807, 2.05) is 48.2 Å². The lowest BCUT2D eigenvalue weighted by Crippen LogP contribution is -2.51. The van der Waals surface area contributed by atoms with Crippen molar-refractivity contribution in [2.75, 3.05) is 44.8 Å². The molecule has 30 heavy (non-hydrogen) atoms. The molecule has 0 radical (unpaired) electrons. The second kappa shape index (κ2) is 10.5. The Morgan fingerprint density at radius 3 is 2.50 bits per heavy atom. The van der Waals surface area contributed by atoms with Crippen molar-refractivity contribution in [3.8, 4) is 11.5 Å². The molecule has 7 heteroatoms. The average Bonchev–Trinajstić information content (AvgIpc) is 2.80. The van der Waals surface area contributed by atoms with Gasteiger partial charge in [-0.15, -0.1) is 0 Å². The van der Waals surface area contributed by atoms with E-state index in [9.17, 15) is 4.79 Å². The second-order valence-corrected chi connectivity index (χ2v) is 6.97. The van der Waals surface area contributed by atoms with E-state index in [-0.39, 0.29) is 5.91 Å². The first kappa shape index (κ1) is 21.5. The third kappa shape index (κ3) is 5.43. The van der Waals surface area contributed by atoms with Crippen molar-refractivity contribution in [3.63, 3.8) is 0 Å². The third-order valence-electron chi connectivity index (χ3n) is 4.97. The van der Waals surface area contributed by atoms with E-state index in [0.29, 0.717) is 31.2 Å². The molecule has 160 valence electrons. The van der Waals surface area contributed by atoms with Gasteiger partial charge in [0.25, 0.3) is 5.91 Å². The van der Waals surface area contributed by atoms with Crippen LogP contribution < -0.4 is 14.4 Å². The summed E-state index contributed by atoms with van der Waals surface area (Å²) < 4.78 is 10.8. The van der Waals surface area contributed by atoms with E-state index in [1.54, 1.807) is 20.2 Å². The maximum atomic E-state index is 12.7. The van der Waals surface area contributed by atoms with Crippen molar-refractivity contribution in [1.82, 2.24) is 4.90 Å². The number of hydrogen-bond donors (Lipinski definition) is 0. The van der Waals surface area contributed by atoms with E-state index in [4.69, 9.17) is 14.3 Å². The highest BCUT2D eigenvalue weighted by atomic mass is 16.6. The standard InChI is InChI=1S/C23H29N3O4/c1-4-29-21-11-10-19(16-22(21)28-3)17-24-30-18(2)23(27)26-14-12-25(13-15-26)20-8-6-5-7-9-20/h5-11,16-18H,4,12-15H2,1-3H3/b24-17+. The first-order valence-electron chi connectivity index (χ1n) is 10.2. The van der Waals surface area contributed by atoms with Crippen molar-refractivity contribution in [2.24, 2.45) is 5.16 Å². The van der Waals surface area contributed by atoms with E-state index < -0.39 is 6.10 Å². The van der Waals surface area contributed by atoms with Gasteiger partial charge in [-0.3, -0.25) is 4.79 Å². The monoisotopic (exact) mass is 411 g/mol. The van der Waals surface area contributed by atoms with Crippen LogP contribution in [0.3, 0.4) is 0 Å². The fourth-order valence-corrected chi connectivity index (χ4v) is 3.35. The zero-order valence-corrected chi connectivity index (χ0v) is 17.8. The molecule has 1 saturated heterocycles. The maximum absolute atomic E-state index is 12.7. The van der Waals surface area contributed by atoms with Crippen LogP contribution in [-0.2, 0) is 9.63 Å². The number of benzene rings is 2. The maximum Gasteiger partial charge on any atom is 0.266 e. The number of hydrogen-bond acceptors (Lipinski definition) is 6. The Morgan fingerprint density at radius 2 is 1.83 bits per heavy atom. The fourth-order valence-electron chi connectivity index (χ4n) is 3.35. The lowest BCUT2D eigenvalue weighted by molar-refractivity contribution is -0.142. The van der Waals surface area contributed by atoms with Crippen LogP contribution in [0.1, 0.15) is 19.4 Å². The van der Waals surface area contributed by atoms with E-state index in [0.717, 1.165) is 18.7 Å². The summed E-state index contributed by atoms with van der Waals surface area (Å²) in [4.78, 5) is 22.2. The second-order valence-electron chi connectivity index (χ2n) is 6.97. The van der Waals surface area contributed by atoms with Gasteiger partial charge in [0.2, 0.25) is 6.10 Å². The van der Waals surface area contributed by atoms with Gasteiger partial charge in [-0.2, -0.15) is 0 Å². The molecule has 1 unspecified atom stereocenters. The number of piperazine rings is 1. The molecule has 0 bridgehead atoms. The first-order valence-corrected chi connectivity index (χ1v) is 10.2. The molecule has 3 rings (SSSR count). The molecule has 1 heterocycles. The van der Waals surface area contributed by atoms with Gasteiger partial charge in [0.1, 0.15) is 0 Å².